The zero-order valence-corrected chi connectivity index (χ0v) is 18.6. The van der Waals surface area contributed by atoms with Gasteiger partial charge in [-0.3, -0.25) is 0 Å². The van der Waals surface area contributed by atoms with E-state index in [0.29, 0.717) is 0 Å². The minimum atomic E-state index is -0.280. The molecule has 0 fully saturated rings. The Labute approximate surface area is 186 Å². The molecule has 158 valence electrons. The molecule has 0 saturated carbocycles. The Morgan fingerprint density at radius 3 is 2.32 bits per heavy atom. The van der Waals surface area contributed by atoms with Crippen LogP contribution in [0.4, 0.5) is 0 Å². The summed E-state index contributed by atoms with van der Waals surface area (Å²) in [6, 6.07) is 22.7. The first-order valence-electron chi connectivity index (χ1n) is 10.2. The third kappa shape index (κ3) is 3.61. The molecule has 0 spiro atoms. The van der Waals surface area contributed by atoms with Crippen molar-refractivity contribution in [1.82, 2.24) is 5.01 Å². The van der Waals surface area contributed by atoms with Gasteiger partial charge in [-0.25, -0.2) is 5.01 Å². The molecular formula is C25H24N2O3S. The second-order valence-corrected chi connectivity index (χ2v) is 8.40. The summed E-state index contributed by atoms with van der Waals surface area (Å²) in [5.74, 6) is 2.54. The van der Waals surface area contributed by atoms with Crippen molar-refractivity contribution in [3.05, 3.63) is 83.4 Å². The summed E-state index contributed by atoms with van der Waals surface area (Å²) in [6.45, 7) is 0. The van der Waals surface area contributed by atoms with Gasteiger partial charge in [-0.05, 0) is 66.4 Å². The highest BCUT2D eigenvalue weighted by Crippen LogP contribution is 2.48. The van der Waals surface area contributed by atoms with Crippen molar-refractivity contribution in [2.45, 2.75) is 23.6 Å². The van der Waals surface area contributed by atoms with E-state index in [1.807, 2.05) is 24.3 Å². The Morgan fingerprint density at radius 1 is 0.935 bits per heavy atom. The monoisotopic (exact) mass is 432 g/mol. The molecule has 0 amide bonds. The van der Waals surface area contributed by atoms with Gasteiger partial charge < -0.3 is 14.2 Å². The van der Waals surface area contributed by atoms with Crippen LogP contribution in [0, 0.1) is 0 Å². The summed E-state index contributed by atoms with van der Waals surface area (Å²) in [5.41, 5.74) is 4.32. The topological polar surface area (TPSA) is 43.3 Å². The van der Waals surface area contributed by atoms with Gasteiger partial charge in [-0.15, -0.1) is 11.8 Å². The van der Waals surface area contributed by atoms with E-state index < -0.39 is 0 Å². The minimum Gasteiger partial charge on any atom is -0.497 e. The standard InChI is InChI=1S/C25H24N2O3S/c1-28-18-8-4-16(5-9-18)22-15-23-21-14-19(29-2)10-13-24(21)30-25(27(23)26-22)17-6-11-20(31-3)12-7-17/h4-14,23,25H,15H2,1-3H3/t23-,25+/m1/s1. The zero-order valence-electron chi connectivity index (χ0n) is 17.7. The summed E-state index contributed by atoms with van der Waals surface area (Å²) < 4.78 is 17.2. The van der Waals surface area contributed by atoms with Crippen LogP contribution in [-0.4, -0.2) is 31.2 Å². The highest BCUT2D eigenvalue weighted by Gasteiger charge is 2.41. The Bertz CT molecular complexity index is 1110. The summed E-state index contributed by atoms with van der Waals surface area (Å²) in [7, 11) is 3.37. The van der Waals surface area contributed by atoms with Crippen molar-refractivity contribution in [3.8, 4) is 17.2 Å². The number of nitrogens with zero attached hydrogens (tertiary/aromatic N) is 2. The molecule has 0 aromatic heterocycles. The first-order valence-corrected chi connectivity index (χ1v) is 11.4. The SMILES string of the molecule is COc1ccc(C2=NN3[C@H](C2)c2cc(OC)ccc2O[C@H]3c2ccc(SC)cc2)cc1. The van der Waals surface area contributed by atoms with Crippen LogP contribution in [0.5, 0.6) is 17.2 Å². The maximum absolute atomic E-state index is 6.46. The largest absolute Gasteiger partial charge is 0.497 e. The molecule has 3 aromatic carbocycles. The van der Waals surface area contributed by atoms with Crippen LogP contribution in [0.25, 0.3) is 0 Å². The Morgan fingerprint density at radius 2 is 1.65 bits per heavy atom. The molecular weight excluding hydrogens is 408 g/mol. The van der Waals surface area contributed by atoms with Gasteiger partial charge in [0, 0.05) is 22.4 Å². The molecule has 5 nitrogen and oxygen atoms in total. The van der Waals surface area contributed by atoms with Gasteiger partial charge in [0.15, 0.2) is 0 Å². The fourth-order valence-corrected chi connectivity index (χ4v) is 4.55. The van der Waals surface area contributed by atoms with Crippen LogP contribution in [-0.2, 0) is 0 Å². The van der Waals surface area contributed by atoms with Crippen LogP contribution in [0.1, 0.15) is 35.4 Å². The van der Waals surface area contributed by atoms with Crippen molar-refractivity contribution in [3.63, 3.8) is 0 Å². The van der Waals surface area contributed by atoms with Crippen LogP contribution in [0.2, 0.25) is 0 Å². The summed E-state index contributed by atoms with van der Waals surface area (Å²) >= 11 is 1.73. The molecule has 0 unspecified atom stereocenters. The maximum atomic E-state index is 6.46. The molecule has 0 N–H and O–H groups in total. The van der Waals surface area contributed by atoms with Crippen LogP contribution in [0.3, 0.4) is 0 Å². The van der Waals surface area contributed by atoms with Crippen LogP contribution < -0.4 is 14.2 Å². The molecule has 5 rings (SSSR count). The van der Waals surface area contributed by atoms with E-state index in [2.05, 4.69) is 53.7 Å². The van der Waals surface area contributed by atoms with Crippen molar-refractivity contribution in [2.24, 2.45) is 5.10 Å². The Hall–Kier alpha value is -3.12. The number of fused-ring (bicyclic) bond motifs is 3. The number of benzene rings is 3. The predicted molar refractivity (Wildman–Crippen MR) is 123 cm³/mol. The lowest BCUT2D eigenvalue weighted by Crippen LogP contribution is -2.33. The average Bonchev–Trinajstić information content (AvgIpc) is 3.29. The molecule has 0 saturated heterocycles. The molecule has 2 aliphatic rings. The van der Waals surface area contributed by atoms with E-state index in [1.165, 1.54) is 4.90 Å². The van der Waals surface area contributed by atoms with Crippen molar-refractivity contribution >= 4 is 17.5 Å². The van der Waals surface area contributed by atoms with Crippen LogP contribution in [0.15, 0.2) is 76.7 Å². The minimum absolute atomic E-state index is 0.0844. The molecule has 2 heterocycles. The second kappa shape index (κ2) is 8.19. The first-order chi connectivity index (χ1) is 15.2. The first kappa shape index (κ1) is 19.8. The highest BCUT2D eigenvalue weighted by molar-refractivity contribution is 7.98. The van der Waals surface area contributed by atoms with Gasteiger partial charge >= 0.3 is 0 Å². The number of rotatable bonds is 5. The van der Waals surface area contributed by atoms with Gasteiger partial charge in [0.2, 0.25) is 6.23 Å². The quantitative estimate of drug-likeness (QED) is 0.486. The maximum Gasteiger partial charge on any atom is 0.213 e. The van der Waals surface area contributed by atoms with Crippen molar-refractivity contribution in [2.75, 3.05) is 20.5 Å². The number of hydrogen-bond acceptors (Lipinski definition) is 6. The summed E-state index contributed by atoms with van der Waals surface area (Å²) in [4.78, 5) is 1.23. The lowest BCUT2D eigenvalue weighted by atomic mass is 9.95. The summed E-state index contributed by atoms with van der Waals surface area (Å²) in [5, 5.41) is 7.12. The number of thioether (sulfide) groups is 1. The zero-order chi connectivity index (χ0) is 21.4. The number of hydrogen-bond donors (Lipinski definition) is 0. The average molecular weight is 433 g/mol. The second-order valence-electron chi connectivity index (χ2n) is 7.52. The molecule has 31 heavy (non-hydrogen) atoms. The van der Waals surface area contributed by atoms with E-state index in [-0.39, 0.29) is 12.3 Å². The van der Waals surface area contributed by atoms with E-state index in [1.54, 1.807) is 26.0 Å². The number of ether oxygens (including phenoxy) is 3. The lowest BCUT2D eigenvalue weighted by molar-refractivity contribution is -0.0191. The lowest BCUT2D eigenvalue weighted by Gasteiger charge is -2.38. The third-order valence-corrected chi connectivity index (χ3v) is 6.56. The molecule has 0 bridgehead atoms. The molecule has 0 radical (unpaired) electrons. The fraction of sp³-hybridized carbons (Fsp3) is 0.240. The van der Waals surface area contributed by atoms with Gasteiger partial charge in [-0.1, -0.05) is 12.1 Å². The smallest absolute Gasteiger partial charge is 0.213 e. The van der Waals surface area contributed by atoms with E-state index in [9.17, 15) is 0 Å². The third-order valence-electron chi connectivity index (χ3n) is 5.82. The van der Waals surface area contributed by atoms with Gasteiger partial charge in [0.25, 0.3) is 0 Å². The predicted octanol–water partition coefficient (Wildman–Crippen LogP) is 5.67. The van der Waals surface area contributed by atoms with Gasteiger partial charge in [0.05, 0.1) is 26.0 Å². The molecule has 6 heteroatoms. The Kier molecular flexibility index (Phi) is 5.24. The van der Waals surface area contributed by atoms with Gasteiger partial charge in [-0.2, -0.15) is 5.10 Å². The van der Waals surface area contributed by atoms with Crippen LogP contribution >= 0.6 is 11.8 Å². The Balaban J connectivity index is 1.56. The van der Waals surface area contributed by atoms with E-state index >= 15 is 0 Å². The van der Waals surface area contributed by atoms with E-state index in [0.717, 1.165) is 46.1 Å². The summed E-state index contributed by atoms with van der Waals surface area (Å²) in [6.07, 6.45) is 2.60. The van der Waals surface area contributed by atoms with Crippen molar-refractivity contribution in [1.29, 1.82) is 0 Å². The fourth-order valence-electron chi connectivity index (χ4n) is 4.14. The molecule has 0 aliphatic carbocycles. The van der Waals surface area contributed by atoms with Crippen molar-refractivity contribution < 1.29 is 14.2 Å². The van der Waals surface area contributed by atoms with Gasteiger partial charge in [0.1, 0.15) is 17.2 Å². The molecule has 2 aliphatic heterocycles. The number of methoxy groups -OCH3 is 2. The number of hydrazone groups is 1. The highest BCUT2D eigenvalue weighted by atomic mass is 32.2. The normalized spacial score (nSPS) is 19.2. The van der Waals surface area contributed by atoms with E-state index in [4.69, 9.17) is 19.3 Å². The molecule has 2 atom stereocenters. The molecule has 3 aromatic rings.